The van der Waals surface area contributed by atoms with Crippen LogP contribution in [0.15, 0.2) is 54.6 Å². The van der Waals surface area contributed by atoms with Crippen molar-refractivity contribution in [2.45, 2.75) is 44.6 Å². The van der Waals surface area contributed by atoms with Crippen molar-refractivity contribution in [3.05, 3.63) is 71.3 Å². The quantitative estimate of drug-likeness (QED) is 0.792. The first-order valence-electron chi connectivity index (χ1n) is 9.02. The van der Waals surface area contributed by atoms with Crippen LogP contribution >= 0.6 is 12.4 Å². The van der Waals surface area contributed by atoms with E-state index in [-0.39, 0.29) is 35.8 Å². The molecule has 2 aromatic carbocycles. The molecule has 26 heavy (non-hydrogen) atoms. The minimum atomic E-state index is -0.241. The molecule has 140 valence electrons. The number of rotatable bonds is 3. The van der Waals surface area contributed by atoms with Crippen molar-refractivity contribution in [3.8, 4) is 0 Å². The molecule has 2 atom stereocenters. The predicted molar refractivity (Wildman–Crippen MR) is 108 cm³/mol. The van der Waals surface area contributed by atoms with Gasteiger partial charge in [-0.1, -0.05) is 63.2 Å². The number of nitrogens with one attached hydrogen (secondary N) is 1. The number of halogens is 1. The molecule has 0 spiro atoms. The molecule has 3 rings (SSSR count). The zero-order chi connectivity index (χ0) is 17.9. The normalized spacial score (nSPS) is 20.1. The molecule has 0 amide bonds. The van der Waals surface area contributed by atoms with Gasteiger partial charge in [0.25, 0.3) is 0 Å². The Labute approximate surface area is 162 Å². The summed E-state index contributed by atoms with van der Waals surface area (Å²) in [6.07, 6.45) is 0.844. The molecule has 0 aliphatic carbocycles. The lowest BCUT2D eigenvalue weighted by atomic mass is 9.86. The highest BCUT2D eigenvalue weighted by molar-refractivity contribution is 5.89. The topological polar surface area (TPSA) is 38.3 Å². The Hall–Kier alpha value is -1.84. The van der Waals surface area contributed by atoms with E-state index in [1.54, 1.807) is 0 Å². The molecule has 0 radical (unpaired) electrons. The third-order valence-electron chi connectivity index (χ3n) is 4.90. The van der Waals surface area contributed by atoms with E-state index in [9.17, 15) is 4.79 Å². The Morgan fingerprint density at radius 3 is 2.31 bits per heavy atom. The van der Waals surface area contributed by atoms with Gasteiger partial charge >= 0.3 is 5.97 Å². The van der Waals surface area contributed by atoms with E-state index in [2.05, 4.69) is 38.2 Å². The van der Waals surface area contributed by atoms with E-state index in [1.165, 1.54) is 11.1 Å². The maximum atomic E-state index is 12.6. The summed E-state index contributed by atoms with van der Waals surface area (Å²) in [5.41, 5.74) is 3.15. The van der Waals surface area contributed by atoms with Crippen molar-refractivity contribution in [1.29, 1.82) is 0 Å². The zero-order valence-corrected chi connectivity index (χ0v) is 16.5. The molecule has 3 nitrogen and oxygen atoms in total. The average molecular weight is 374 g/mol. The molecule has 2 aromatic rings. The van der Waals surface area contributed by atoms with Crippen LogP contribution in [0, 0.1) is 0 Å². The third kappa shape index (κ3) is 4.87. The number of benzene rings is 2. The molecule has 1 aliphatic rings. The molecule has 1 heterocycles. The minimum Gasteiger partial charge on any atom is -0.457 e. The molecule has 1 fully saturated rings. The number of hydrogen-bond acceptors (Lipinski definition) is 3. The van der Waals surface area contributed by atoms with E-state index < -0.39 is 0 Å². The molecule has 1 aliphatic heterocycles. The number of carbonyl (C=O) groups excluding carboxylic acids is 1. The largest absolute Gasteiger partial charge is 0.457 e. The summed E-state index contributed by atoms with van der Waals surface area (Å²) in [4.78, 5) is 12.6. The van der Waals surface area contributed by atoms with Crippen LogP contribution in [0.3, 0.4) is 0 Å². The van der Waals surface area contributed by atoms with Gasteiger partial charge in [-0.3, -0.25) is 0 Å². The third-order valence-corrected chi connectivity index (χ3v) is 4.90. The van der Waals surface area contributed by atoms with Crippen molar-refractivity contribution in [1.82, 2.24) is 5.32 Å². The molecule has 0 unspecified atom stereocenters. The van der Waals surface area contributed by atoms with Gasteiger partial charge in [-0.2, -0.15) is 0 Å². The van der Waals surface area contributed by atoms with Gasteiger partial charge in [-0.25, -0.2) is 4.79 Å². The highest BCUT2D eigenvalue weighted by atomic mass is 35.5. The Balaban J connectivity index is 0.00000243. The fourth-order valence-electron chi connectivity index (χ4n) is 3.35. The summed E-state index contributed by atoms with van der Waals surface area (Å²) in [6.45, 7) is 8.15. The molecular weight excluding hydrogens is 346 g/mol. The summed E-state index contributed by atoms with van der Waals surface area (Å²) in [5, 5.41) is 3.34. The maximum absolute atomic E-state index is 12.6. The van der Waals surface area contributed by atoms with Gasteiger partial charge in [-0.05, 0) is 41.6 Å². The van der Waals surface area contributed by atoms with Crippen LogP contribution in [-0.2, 0) is 10.2 Å². The molecule has 4 heteroatoms. The van der Waals surface area contributed by atoms with Crippen LogP contribution in [0.2, 0.25) is 0 Å². The van der Waals surface area contributed by atoms with Crippen LogP contribution in [0.25, 0.3) is 0 Å². The second kappa shape index (κ2) is 8.70. The number of carbonyl (C=O) groups is 1. The fourth-order valence-corrected chi connectivity index (χ4v) is 3.35. The lowest BCUT2D eigenvalue weighted by molar-refractivity contribution is 0.0182. The Morgan fingerprint density at radius 2 is 1.69 bits per heavy atom. The lowest BCUT2D eigenvalue weighted by Gasteiger charge is -2.32. The first-order valence-corrected chi connectivity index (χ1v) is 9.02. The van der Waals surface area contributed by atoms with Crippen LogP contribution in [0.4, 0.5) is 0 Å². The second-order valence-corrected chi connectivity index (χ2v) is 7.78. The van der Waals surface area contributed by atoms with Crippen molar-refractivity contribution in [2.24, 2.45) is 0 Å². The first kappa shape index (κ1) is 20.5. The highest BCUT2D eigenvalue weighted by Crippen LogP contribution is 2.28. The van der Waals surface area contributed by atoms with Gasteiger partial charge in [0.15, 0.2) is 0 Å². The maximum Gasteiger partial charge on any atom is 0.338 e. The molecular formula is C22H28ClNO2. The summed E-state index contributed by atoms with van der Waals surface area (Å²) in [5.74, 6) is 0.00957. The van der Waals surface area contributed by atoms with Gasteiger partial charge in [0.1, 0.15) is 6.10 Å². The van der Waals surface area contributed by atoms with Crippen LogP contribution in [0.1, 0.15) is 54.6 Å². The second-order valence-electron chi connectivity index (χ2n) is 7.78. The SMILES string of the molecule is CC(C)(C)c1ccc(C(=O)O[C@@H]2CNCC[C@H]2c2ccccc2)cc1.Cl. The van der Waals surface area contributed by atoms with Gasteiger partial charge in [-0.15, -0.1) is 12.4 Å². The minimum absolute atomic E-state index is 0. The Morgan fingerprint density at radius 1 is 1.04 bits per heavy atom. The fraction of sp³-hybridized carbons (Fsp3) is 0.409. The zero-order valence-electron chi connectivity index (χ0n) is 15.7. The monoisotopic (exact) mass is 373 g/mol. The summed E-state index contributed by atoms with van der Waals surface area (Å²) in [6, 6.07) is 18.1. The van der Waals surface area contributed by atoms with E-state index in [1.807, 2.05) is 42.5 Å². The standard InChI is InChI=1S/C22H27NO2.ClH/c1-22(2,3)18-11-9-17(10-12-18)21(24)25-20-15-23-14-13-19(20)16-7-5-4-6-8-16;/h4-12,19-20,23H,13-15H2,1-3H3;1H/t19-,20+;/m0./s1. The average Bonchev–Trinajstić information content (AvgIpc) is 2.62. The summed E-state index contributed by atoms with van der Waals surface area (Å²) in [7, 11) is 0. The smallest absolute Gasteiger partial charge is 0.338 e. The van der Waals surface area contributed by atoms with Crippen LogP contribution in [-0.4, -0.2) is 25.2 Å². The van der Waals surface area contributed by atoms with Gasteiger partial charge in [0, 0.05) is 12.5 Å². The number of esters is 1. The van der Waals surface area contributed by atoms with Crippen molar-refractivity contribution in [2.75, 3.05) is 13.1 Å². The lowest BCUT2D eigenvalue weighted by Crippen LogP contribution is -2.42. The van der Waals surface area contributed by atoms with Gasteiger partial charge < -0.3 is 10.1 Å². The van der Waals surface area contributed by atoms with Crippen LogP contribution < -0.4 is 5.32 Å². The van der Waals surface area contributed by atoms with E-state index >= 15 is 0 Å². The number of ether oxygens (including phenoxy) is 1. The first-order chi connectivity index (χ1) is 11.9. The number of piperidine rings is 1. The number of hydrogen-bond donors (Lipinski definition) is 1. The Kier molecular flexibility index (Phi) is 6.85. The van der Waals surface area contributed by atoms with E-state index in [4.69, 9.17) is 4.74 Å². The molecule has 1 N–H and O–H groups in total. The van der Waals surface area contributed by atoms with Crippen molar-refractivity contribution < 1.29 is 9.53 Å². The molecule has 1 saturated heterocycles. The van der Waals surface area contributed by atoms with Gasteiger partial charge in [0.05, 0.1) is 5.56 Å². The molecule has 0 aromatic heterocycles. The highest BCUT2D eigenvalue weighted by Gasteiger charge is 2.29. The van der Waals surface area contributed by atoms with Crippen LogP contribution in [0.5, 0.6) is 0 Å². The van der Waals surface area contributed by atoms with Crippen molar-refractivity contribution in [3.63, 3.8) is 0 Å². The molecule has 0 bridgehead atoms. The summed E-state index contributed by atoms with van der Waals surface area (Å²) >= 11 is 0. The summed E-state index contributed by atoms with van der Waals surface area (Å²) < 4.78 is 5.87. The molecule has 0 saturated carbocycles. The van der Waals surface area contributed by atoms with E-state index in [0.29, 0.717) is 12.1 Å². The van der Waals surface area contributed by atoms with Gasteiger partial charge in [0.2, 0.25) is 0 Å². The van der Waals surface area contributed by atoms with E-state index in [0.717, 1.165) is 13.0 Å². The van der Waals surface area contributed by atoms with Crippen molar-refractivity contribution >= 4 is 18.4 Å². The predicted octanol–water partition coefficient (Wildman–Crippen LogP) is 4.71. The Bertz CT molecular complexity index is 707.